The predicted molar refractivity (Wildman–Crippen MR) is 74.7 cm³/mol. The van der Waals surface area contributed by atoms with E-state index in [0.29, 0.717) is 5.92 Å². The van der Waals surface area contributed by atoms with Crippen LogP contribution in [-0.2, 0) is 5.41 Å². The van der Waals surface area contributed by atoms with E-state index in [2.05, 4.69) is 63.9 Å². The maximum Gasteiger partial charge on any atom is 0.200 e. The zero-order valence-electron chi connectivity index (χ0n) is 11.8. The topological polar surface area (TPSA) is 26.0 Å². The highest BCUT2D eigenvalue weighted by atomic mass is 16.4. The van der Waals surface area contributed by atoms with Crippen LogP contribution in [-0.4, -0.2) is 4.98 Å². The summed E-state index contributed by atoms with van der Waals surface area (Å²) in [5.74, 6) is 2.18. The number of oxazole rings is 1. The van der Waals surface area contributed by atoms with E-state index in [1.807, 2.05) is 6.20 Å². The second-order valence-electron chi connectivity index (χ2n) is 6.06. The average molecular weight is 243 g/mol. The molecule has 2 nitrogen and oxygen atoms in total. The molecule has 2 heteroatoms. The summed E-state index contributed by atoms with van der Waals surface area (Å²) in [5.41, 5.74) is 2.38. The van der Waals surface area contributed by atoms with E-state index in [-0.39, 0.29) is 5.41 Å². The Morgan fingerprint density at radius 3 is 2.11 bits per heavy atom. The Kier molecular flexibility index (Phi) is 3.29. The molecule has 2 rings (SSSR count). The third-order valence-electron chi connectivity index (χ3n) is 3.01. The molecule has 0 unspecified atom stereocenters. The monoisotopic (exact) mass is 243 g/mol. The molecular formula is C16H21NO. The third kappa shape index (κ3) is 2.63. The van der Waals surface area contributed by atoms with Crippen molar-refractivity contribution in [3.63, 3.8) is 0 Å². The molecular weight excluding hydrogens is 222 g/mol. The average Bonchev–Trinajstić information content (AvgIpc) is 2.78. The summed E-state index contributed by atoms with van der Waals surface area (Å²) in [5, 5.41) is 0. The van der Waals surface area contributed by atoms with Crippen molar-refractivity contribution < 1.29 is 4.42 Å². The molecule has 0 spiro atoms. The van der Waals surface area contributed by atoms with Gasteiger partial charge in [-0.05, 0) is 11.5 Å². The summed E-state index contributed by atoms with van der Waals surface area (Å²) in [6, 6.07) is 8.50. The van der Waals surface area contributed by atoms with Gasteiger partial charge in [0.05, 0.1) is 6.20 Å². The van der Waals surface area contributed by atoms with Crippen molar-refractivity contribution in [2.24, 2.45) is 0 Å². The van der Waals surface area contributed by atoms with Crippen LogP contribution in [0.15, 0.2) is 34.9 Å². The van der Waals surface area contributed by atoms with E-state index in [1.54, 1.807) is 0 Å². The molecule has 0 aliphatic heterocycles. The molecule has 0 saturated heterocycles. The van der Waals surface area contributed by atoms with Crippen LogP contribution < -0.4 is 0 Å². The van der Waals surface area contributed by atoms with Gasteiger partial charge in [0.2, 0.25) is 0 Å². The Morgan fingerprint density at radius 2 is 1.67 bits per heavy atom. The minimum absolute atomic E-state index is 0.0455. The first-order chi connectivity index (χ1) is 8.38. The molecule has 0 atom stereocenters. The van der Waals surface area contributed by atoms with Crippen LogP contribution in [0.4, 0.5) is 0 Å². The van der Waals surface area contributed by atoms with E-state index >= 15 is 0 Å². The van der Waals surface area contributed by atoms with Crippen molar-refractivity contribution in [1.82, 2.24) is 4.98 Å². The van der Waals surface area contributed by atoms with Gasteiger partial charge in [-0.1, -0.05) is 58.9 Å². The maximum atomic E-state index is 5.82. The fourth-order valence-corrected chi connectivity index (χ4v) is 1.79. The molecule has 0 bridgehead atoms. The fourth-order valence-electron chi connectivity index (χ4n) is 1.79. The zero-order chi connectivity index (χ0) is 13.3. The normalized spacial score (nSPS) is 12.1. The highest BCUT2D eigenvalue weighted by Gasteiger charge is 2.20. The maximum absolute atomic E-state index is 5.82. The molecule has 1 heterocycles. The molecule has 96 valence electrons. The Bertz CT molecular complexity index is 515. The Morgan fingerprint density at radius 1 is 1.06 bits per heavy atom. The van der Waals surface area contributed by atoms with Crippen LogP contribution in [0.25, 0.3) is 11.3 Å². The summed E-state index contributed by atoms with van der Waals surface area (Å²) in [4.78, 5) is 4.35. The first-order valence-electron chi connectivity index (χ1n) is 6.44. The van der Waals surface area contributed by atoms with Crippen LogP contribution in [0.5, 0.6) is 0 Å². The van der Waals surface area contributed by atoms with Crippen molar-refractivity contribution in [1.29, 1.82) is 0 Å². The minimum atomic E-state index is -0.0455. The molecule has 18 heavy (non-hydrogen) atoms. The Labute approximate surface area is 109 Å². The number of hydrogen-bond donors (Lipinski definition) is 0. The van der Waals surface area contributed by atoms with Crippen molar-refractivity contribution in [2.75, 3.05) is 0 Å². The second-order valence-corrected chi connectivity index (χ2v) is 6.06. The molecule has 0 amide bonds. The van der Waals surface area contributed by atoms with Crippen LogP contribution in [0.3, 0.4) is 0 Å². The van der Waals surface area contributed by atoms with E-state index in [4.69, 9.17) is 4.42 Å². The van der Waals surface area contributed by atoms with Crippen LogP contribution >= 0.6 is 0 Å². The van der Waals surface area contributed by atoms with Gasteiger partial charge in [-0.3, -0.25) is 0 Å². The van der Waals surface area contributed by atoms with Crippen LogP contribution in [0.1, 0.15) is 52.0 Å². The molecule has 1 aromatic carbocycles. The zero-order valence-corrected chi connectivity index (χ0v) is 11.8. The summed E-state index contributed by atoms with van der Waals surface area (Å²) in [6.45, 7) is 10.7. The molecule has 0 fully saturated rings. The molecule has 0 radical (unpaired) electrons. The number of aromatic nitrogens is 1. The lowest BCUT2D eigenvalue weighted by atomic mass is 9.97. The third-order valence-corrected chi connectivity index (χ3v) is 3.01. The summed E-state index contributed by atoms with van der Waals surface area (Å²) >= 11 is 0. The Hall–Kier alpha value is -1.57. The highest BCUT2D eigenvalue weighted by molar-refractivity contribution is 5.57. The van der Waals surface area contributed by atoms with E-state index < -0.39 is 0 Å². The number of hydrogen-bond acceptors (Lipinski definition) is 2. The minimum Gasteiger partial charge on any atom is -0.440 e. The smallest absolute Gasteiger partial charge is 0.200 e. The van der Waals surface area contributed by atoms with E-state index in [9.17, 15) is 0 Å². The first-order valence-corrected chi connectivity index (χ1v) is 6.44. The first kappa shape index (κ1) is 12.9. The molecule has 0 aliphatic carbocycles. The van der Waals surface area contributed by atoms with Gasteiger partial charge in [-0.25, -0.2) is 4.98 Å². The van der Waals surface area contributed by atoms with E-state index in [1.165, 1.54) is 5.56 Å². The molecule has 1 aromatic heterocycles. The SMILES string of the molecule is CC(C)c1ccc(-c2cnc(C(C)(C)C)o2)cc1. The highest BCUT2D eigenvalue weighted by Crippen LogP contribution is 2.28. The number of nitrogens with zero attached hydrogens (tertiary/aromatic N) is 1. The van der Waals surface area contributed by atoms with Gasteiger partial charge >= 0.3 is 0 Å². The van der Waals surface area contributed by atoms with Gasteiger partial charge in [0.25, 0.3) is 0 Å². The largest absolute Gasteiger partial charge is 0.440 e. The summed E-state index contributed by atoms with van der Waals surface area (Å²) in [6.07, 6.45) is 1.81. The fraction of sp³-hybridized carbons (Fsp3) is 0.438. The Balaban J connectivity index is 2.29. The van der Waals surface area contributed by atoms with Gasteiger partial charge in [-0.2, -0.15) is 0 Å². The van der Waals surface area contributed by atoms with Gasteiger partial charge < -0.3 is 4.42 Å². The van der Waals surface area contributed by atoms with Crippen molar-refractivity contribution in [3.8, 4) is 11.3 Å². The van der Waals surface area contributed by atoms with Gasteiger partial charge in [0.1, 0.15) is 0 Å². The quantitative estimate of drug-likeness (QED) is 0.759. The number of rotatable bonds is 2. The lowest BCUT2D eigenvalue weighted by Gasteiger charge is -2.12. The summed E-state index contributed by atoms with van der Waals surface area (Å²) < 4.78 is 5.82. The van der Waals surface area contributed by atoms with Crippen LogP contribution in [0, 0.1) is 0 Å². The lowest BCUT2D eigenvalue weighted by molar-refractivity contribution is 0.399. The van der Waals surface area contributed by atoms with Gasteiger partial charge in [0, 0.05) is 11.0 Å². The predicted octanol–water partition coefficient (Wildman–Crippen LogP) is 4.76. The molecule has 2 aromatic rings. The lowest BCUT2D eigenvalue weighted by Crippen LogP contribution is -2.10. The van der Waals surface area contributed by atoms with Crippen molar-refractivity contribution >= 4 is 0 Å². The molecule has 0 saturated carbocycles. The number of benzene rings is 1. The van der Waals surface area contributed by atoms with Crippen LogP contribution in [0.2, 0.25) is 0 Å². The molecule has 0 aliphatic rings. The summed E-state index contributed by atoms with van der Waals surface area (Å²) in [7, 11) is 0. The van der Waals surface area contributed by atoms with Crippen molar-refractivity contribution in [3.05, 3.63) is 41.9 Å². The van der Waals surface area contributed by atoms with Crippen molar-refractivity contribution in [2.45, 2.75) is 46.0 Å². The van der Waals surface area contributed by atoms with Gasteiger partial charge in [-0.15, -0.1) is 0 Å². The molecule has 0 N–H and O–H groups in total. The second kappa shape index (κ2) is 4.60. The standard InChI is InChI=1S/C16H21NO/c1-11(2)12-6-8-13(9-7-12)14-10-17-15(18-14)16(3,4)5/h6-11H,1-5H3. The van der Waals surface area contributed by atoms with Gasteiger partial charge in [0.15, 0.2) is 11.7 Å². The van der Waals surface area contributed by atoms with E-state index in [0.717, 1.165) is 17.2 Å².